The fourth-order valence-corrected chi connectivity index (χ4v) is 2.16. The van der Waals surface area contributed by atoms with Gasteiger partial charge in [0.2, 0.25) is 5.88 Å². The lowest BCUT2D eigenvalue weighted by Gasteiger charge is -2.12. The van der Waals surface area contributed by atoms with Gasteiger partial charge in [0.15, 0.2) is 5.82 Å². The second kappa shape index (κ2) is 6.79. The van der Waals surface area contributed by atoms with Crippen molar-refractivity contribution in [2.24, 2.45) is 0 Å². The quantitative estimate of drug-likeness (QED) is 0.676. The highest BCUT2D eigenvalue weighted by molar-refractivity contribution is 9.10. The molecule has 0 unspecified atom stereocenters. The highest BCUT2D eigenvalue weighted by Gasteiger charge is 2.13. The maximum absolute atomic E-state index is 13.7. The number of ether oxygens (including phenoxy) is 1. The Hall–Kier alpha value is -2.74. The first-order valence-corrected chi connectivity index (χ1v) is 7.58. The Bertz CT molecular complexity index is 874. The summed E-state index contributed by atoms with van der Waals surface area (Å²) in [5, 5.41) is 2.64. The maximum atomic E-state index is 13.7. The second-order valence-electron chi connectivity index (χ2n) is 4.75. The number of hydrogen-bond acceptors (Lipinski definition) is 5. The lowest BCUT2D eigenvalue weighted by atomic mass is 10.3. The Kier molecular flexibility index (Phi) is 4.57. The first-order valence-electron chi connectivity index (χ1n) is 6.79. The Labute approximate surface area is 144 Å². The molecule has 0 amide bonds. The van der Waals surface area contributed by atoms with Crippen LogP contribution in [0.4, 0.5) is 26.0 Å². The van der Waals surface area contributed by atoms with Crippen LogP contribution in [0.2, 0.25) is 0 Å². The summed E-state index contributed by atoms with van der Waals surface area (Å²) in [5.41, 5.74) is 5.94. The minimum absolute atomic E-state index is 0.0732. The van der Waals surface area contributed by atoms with Gasteiger partial charge in [-0.25, -0.2) is 13.8 Å². The third-order valence-corrected chi connectivity index (χ3v) is 3.59. The van der Waals surface area contributed by atoms with E-state index < -0.39 is 11.6 Å². The first kappa shape index (κ1) is 16.1. The van der Waals surface area contributed by atoms with Gasteiger partial charge < -0.3 is 15.8 Å². The van der Waals surface area contributed by atoms with Crippen molar-refractivity contribution in [3.05, 3.63) is 64.9 Å². The lowest BCUT2D eigenvalue weighted by Crippen LogP contribution is -2.04. The van der Waals surface area contributed by atoms with Crippen molar-refractivity contribution in [2.45, 2.75) is 0 Å². The van der Waals surface area contributed by atoms with E-state index in [4.69, 9.17) is 10.5 Å². The molecule has 0 atom stereocenters. The summed E-state index contributed by atoms with van der Waals surface area (Å²) in [6.07, 6.45) is 1.21. The third-order valence-electron chi connectivity index (χ3n) is 3.06. The molecule has 3 aromatic rings. The van der Waals surface area contributed by atoms with Crippen LogP contribution in [0.3, 0.4) is 0 Å². The minimum Gasteiger partial charge on any atom is -0.437 e. The van der Waals surface area contributed by atoms with Crippen LogP contribution >= 0.6 is 15.9 Å². The summed E-state index contributed by atoms with van der Waals surface area (Å²) in [6, 6.07) is 10.1. The smallest absolute Gasteiger partial charge is 0.248 e. The maximum Gasteiger partial charge on any atom is 0.248 e. The van der Waals surface area contributed by atoms with Crippen LogP contribution < -0.4 is 15.8 Å². The summed E-state index contributed by atoms with van der Waals surface area (Å²) < 4.78 is 33.5. The molecule has 0 saturated heterocycles. The molecule has 1 aromatic heterocycles. The minimum atomic E-state index is -0.634. The summed E-state index contributed by atoms with van der Waals surface area (Å²) in [7, 11) is 0. The van der Waals surface area contributed by atoms with Gasteiger partial charge in [-0.3, -0.25) is 0 Å². The average molecular weight is 393 g/mol. The zero-order valence-electron chi connectivity index (χ0n) is 12.1. The van der Waals surface area contributed by atoms with Crippen molar-refractivity contribution < 1.29 is 13.5 Å². The summed E-state index contributed by atoms with van der Waals surface area (Å²) in [4.78, 5) is 7.90. The molecule has 0 bridgehead atoms. The molecule has 0 aliphatic heterocycles. The third kappa shape index (κ3) is 3.60. The van der Waals surface area contributed by atoms with Crippen LogP contribution in [0, 0.1) is 11.6 Å². The predicted molar refractivity (Wildman–Crippen MR) is 90.3 cm³/mol. The van der Waals surface area contributed by atoms with E-state index in [1.807, 2.05) is 0 Å². The van der Waals surface area contributed by atoms with Crippen LogP contribution in [0.25, 0.3) is 0 Å². The Morgan fingerprint density at radius 2 is 1.79 bits per heavy atom. The highest BCUT2D eigenvalue weighted by Crippen LogP contribution is 2.32. The number of halogens is 3. The van der Waals surface area contributed by atoms with Crippen LogP contribution in [0.5, 0.6) is 11.6 Å². The number of hydrogen-bond donors (Lipinski definition) is 2. The monoisotopic (exact) mass is 392 g/mol. The largest absolute Gasteiger partial charge is 0.437 e. The zero-order valence-corrected chi connectivity index (χ0v) is 13.7. The molecule has 0 aliphatic carbocycles. The van der Waals surface area contributed by atoms with Crippen molar-refractivity contribution in [2.75, 3.05) is 11.1 Å². The molecule has 0 saturated carbocycles. The fraction of sp³-hybridized carbons (Fsp3) is 0. The molecule has 1 heterocycles. The number of nitrogens with one attached hydrogen (secondary N) is 1. The lowest BCUT2D eigenvalue weighted by molar-refractivity contribution is 0.464. The molecule has 8 heteroatoms. The molecular formula is C16H11BrF2N4O. The number of nitrogens with zero attached hydrogens (tertiary/aromatic N) is 2. The van der Waals surface area contributed by atoms with E-state index >= 15 is 0 Å². The molecule has 0 radical (unpaired) electrons. The summed E-state index contributed by atoms with van der Waals surface area (Å²) >= 11 is 3.32. The standard InChI is InChI=1S/C16H11BrF2N4O/c17-9-1-4-11(5-2-9)24-16-14(20)15(21-8-22-16)23-13-7-10(18)3-6-12(13)19/h1-8H,20H2,(H,21,22,23). The number of rotatable bonds is 4. The molecule has 5 nitrogen and oxygen atoms in total. The van der Waals surface area contributed by atoms with Crippen molar-refractivity contribution in [3.8, 4) is 11.6 Å². The van der Waals surface area contributed by atoms with Crippen LogP contribution in [-0.4, -0.2) is 9.97 Å². The van der Waals surface area contributed by atoms with Gasteiger partial charge in [0.05, 0.1) is 5.69 Å². The Morgan fingerprint density at radius 1 is 1.04 bits per heavy atom. The van der Waals surface area contributed by atoms with Gasteiger partial charge in [-0.1, -0.05) is 15.9 Å². The Morgan fingerprint density at radius 3 is 2.54 bits per heavy atom. The summed E-state index contributed by atoms with van der Waals surface area (Å²) in [6.45, 7) is 0. The van der Waals surface area contributed by atoms with Crippen LogP contribution in [-0.2, 0) is 0 Å². The van der Waals surface area contributed by atoms with E-state index in [0.29, 0.717) is 5.75 Å². The van der Waals surface area contributed by atoms with E-state index in [-0.39, 0.29) is 23.1 Å². The van der Waals surface area contributed by atoms with E-state index in [1.165, 1.54) is 6.33 Å². The average Bonchev–Trinajstić information content (AvgIpc) is 2.56. The second-order valence-corrected chi connectivity index (χ2v) is 5.66. The van der Waals surface area contributed by atoms with Crippen molar-refractivity contribution in [1.29, 1.82) is 0 Å². The van der Waals surface area contributed by atoms with Crippen LogP contribution in [0.15, 0.2) is 53.3 Å². The fourth-order valence-electron chi connectivity index (χ4n) is 1.90. The topological polar surface area (TPSA) is 73.1 Å². The molecule has 3 N–H and O–H groups in total. The number of nitrogen functional groups attached to an aromatic ring is 1. The molecule has 24 heavy (non-hydrogen) atoms. The zero-order chi connectivity index (χ0) is 17.1. The molecule has 3 rings (SSSR count). The molecule has 2 aromatic carbocycles. The van der Waals surface area contributed by atoms with Crippen LogP contribution in [0.1, 0.15) is 0 Å². The van der Waals surface area contributed by atoms with Gasteiger partial charge in [0, 0.05) is 10.5 Å². The van der Waals surface area contributed by atoms with Gasteiger partial charge in [-0.2, -0.15) is 4.98 Å². The summed E-state index contributed by atoms with van der Waals surface area (Å²) in [5.74, 6) is -0.484. The van der Waals surface area contributed by atoms with Crippen molar-refractivity contribution in [3.63, 3.8) is 0 Å². The molecule has 0 spiro atoms. The molecule has 122 valence electrons. The van der Waals surface area contributed by atoms with Gasteiger partial charge in [-0.05, 0) is 36.4 Å². The number of nitrogens with two attached hydrogens (primary N) is 1. The van der Waals surface area contributed by atoms with Crippen molar-refractivity contribution >= 4 is 33.1 Å². The number of aromatic nitrogens is 2. The van der Waals surface area contributed by atoms with Gasteiger partial charge in [0.1, 0.15) is 29.4 Å². The number of anilines is 3. The molecule has 0 aliphatic rings. The Balaban J connectivity index is 1.88. The van der Waals surface area contributed by atoms with E-state index in [0.717, 1.165) is 22.7 Å². The molecular weight excluding hydrogens is 382 g/mol. The molecule has 0 fully saturated rings. The SMILES string of the molecule is Nc1c(Nc2cc(F)ccc2F)ncnc1Oc1ccc(Br)cc1. The normalized spacial score (nSPS) is 10.5. The van der Waals surface area contributed by atoms with Crippen molar-refractivity contribution in [1.82, 2.24) is 9.97 Å². The van der Waals surface area contributed by atoms with Gasteiger partial charge in [0.25, 0.3) is 0 Å². The van der Waals surface area contributed by atoms with E-state index in [1.54, 1.807) is 24.3 Å². The van der Waals surface area contributed by atoms with E-state index in [9.17, 15) is 8.78 Å². The van der Waals surface area contributed by atoms with Gasteiger partial charge in [-0.15, -0.1) is 0 Å². The van der Waals surface area contributed by atoms with Gasteiger partial charge >= 0.3 is 0 Å². The van der Waals surface area contributed by atoms with E-state index in [2.05, 4.69) is 31.2 Å². The number of benzene rings is 2. The highest BCUT2D eigenvalue weighted by atomic mass is 79.9. The predicted octanol–water partition coefficient (Wildman–Crippen LogP) is 4.64. The first-order chi connectivity index (χ1) is 11.5.